The van der Waals surface area contributed by atoms with E-state index in [0.29, 0.717) is 12.3 Å². The molecule has 27 heavy (non-hydrogen) atoms. The van der Waals surface area contributed by atoms with Gasteiger partial charge < -0.3 is 20.4 Å². The molecule has 0 aliphatic carbocycles. The predicted molar refractivity (Wildman–Crippen MR) is 124 cm³/mol. The Labute approximate surface area is 182 Å². The Balaban J connectivity index is 0.00000364. The first kappa shape index (κ1) is 24.5. The summed E-state index contributed by atoms with van der Waals surface area (Å²) in [5, 5.41) is 6.26. The Morgan fingerprint density at radius 3 is 2.37 bits per heavy atom. The van der Waals surface area contributed by atoms with Crippen LogP contribution < -0.4 is 10.6 Å². The van der Waals surface area contributed by atoms with Gasteiger partial charge in [0.1, 0.15) is 0 Å². The fraction of sp³-hybridized carbons (Fsp3) is 0.900. The molecule has 2 N–H and O–H groups in total. The quantitative estimate of drug-likeness (QED) is 0.236. The smallest absolute Gasteiger partial charge is 0.220 e. The van der Waals surface area contributed by atoms with Crippen LogP contribution in [-0.2, 0) is 4.79 Å². The van der Waals surface area contributed by atoms with Crippen LogP contribution in [0.5, 0.6) is 0 Å². The van der Waals surface area contributed by atoms with Gasteiger partial charge in [-0.25, -0.2) is 0 Å². The van der Waals surface area contributed by atoms with Gasteiger partial charge in [-0.2, -0.15) is 0 Å². The molecule has 1 amide bonds. The Morgan fingerprint density at radius 1 is 1.04 bits per heavy atom. The van der Waals surface area contributed by atoms with Gasteiger partial charge in [-0.05, 0) is 64.1 Å². The summed E-state index contributed by atoms with van der Waals surface area (Å²) in [6, 6.07) is 0. The number of amides is 1. The number of likely N-dealkylation sites (tertiary alicyclic amines) is 2. The number of carbonyl (C=O) groups excluding carboxylic acids is 1. The molecule has 0 aromatic rings. The predicted octanol–water partition coefficient (Wildman–Crippen LogP) is 2.68. The lowest BCUT2D eigenvalue weighted by atomic mass is 9.93. The standard InChI is InChI=1S/C20H39N5O.HI/c1-21-19(26)17-18-9-15-25(16-10-18)20(22-2)23-11-5-3-6-12-24-13-7-4-8-14-24;/h18H,3-17H2,1-2H3,(H,21,26)(H,22,23);1H. The van der Waals surface area contributed by atoms with Gasteiger partial charge in [0.25, 0.3) is 0 Å². The van der Waals surface area contributed by atoms with Crippen LogP contribution in [0.3, 0.4) is 0 Å². The first-order valence-corrected chi connectivity index (χ1v) is 10.6. The molecule has 158 valence electrons. The second kappa shape index (κ2) is 14.4. The number of aliphatic imine (C=N–C) groups is 1. The van der Waals surface area contributed by atoms with Gasteiger partial charge >= 0.3 is 0 Å². The second-order valence-corrected chi connectivity index (χ2v) is 7.74. The van der Waals surface area contributed by atoms with Crippen LogP contribution in [0.2, 0.25) is 0 Å². The Kier molecular flexibility index (Phi) is 13.1. The van der Waals surface area contributed by atoms with Crippen LogP contribution in [0.4, 0.5) is 0 Å². The highest BCUT2D eigenvalue weighted by atomic mass is 127. The zero-order chi connectivity index (χ0) is 18.6. The minimum absolute atomic E-state index is 0. The van der Waals surface area contributed by atoms with E-state index in [2.05, 4.69) is 25.4 Å². The van der Waals surface area contributed by atoms with Crippen LogP contribution >= 0.6 is 24.0 Å². The molecule has 2 aliphatic rings. The van der Waals surface area contributed by atoms with E-state index in [1.54, 1.807) is 7.05 Å². The van der Waals surface area contributed by atoms with E-state index in [-0.39, 0.29) is 29.9 Å². The maximum atomic E-state index is 11.5. The van der Waals surface area contributed by atoms with E-state index in [1.165, 1.54) is 58.2 Å². The summed E-state index contributed by atoms with van der Waals surface area (Å²) in [6.07, 6.45) is 10.8. The van der Waals surface area contributed by atoms with Crippen molar-refractivity contribution in [1.82, 2.24) is 20.4 Å². The van der Waals surface area contributed by atoms with E-state index >= 15 is 0 Å². The molecule has 2 saturated heterocycles. The highest BCUT2D eigenvalue weighted by Crippen LogP contribution is 2.20. The fourth-order valence-electron chi connectivity index (χ4n) is 4.07. The second-order valence-electron chi connectivity index (χ2n) is 7.74. The fourth-order valence-corrected chi connectivity index (χ4v) is 4.07. The molecule has 2 fully saturated rings. The third-order valence-corrected chi connectivity index (χ3v) is 5.76. The lowest BCUT2D eigenvalue weighted by Crippen LogP contribution is -2.46. The van der Waals surface area contributed by atoms with Crippen LogP contribution in [0.1, 0.15) is 57.8 Å². The van der Waals surface area contributed by atoms with Gasteiger partial charge in [-0.3, -0.25) is 9.79 Å². The van der Waals surface area contributed by atoms with Crippen molar-refractivity contribution in [2.45, 2.75) is 57.8 Å². The maximum Gasteiger partial charge on any atom is 0.220 e. The van der Waals surface area contributed by atoms with Gasteiger partial charge in [-0.15, -0.1) is 24.0 Å². The first-order chi connectivity index (χ1) is 12.7. The summed E-state index contributed by atoms with van der Waals surface area (Å²) < 4.78 is 0. The monoisotopic (exact) mass is 493 g/mol. The number of rotatable bonds is 8. The number of hydrogen-bond donors (Lipinski definition) is 2. The summed E-state index contributed by atoms with van der Waals surface area (Å²) in [5.41, 5.74) is 0. The molecule has 2 rings (SSSR count). The van der Waals surface area contributed by atoms with E-state index in [0.717, 1.165) is 38.4 Å². The zero-order valence-corrected chi connectivity index (χ0v) is 19.7. The van der Waals surface area contributed by atoms with Gasteiger partial charge in [0.2, 0.25) is 5.91 Å². The average molecular weight is 493 g/mol. The van der Waals surface area contributed by atoms with Crippen LogP contribution in [0.25, 0.3) is 0 Å². The van der Waals surface area contributed by atoms with Gasteiger partial charge in [0.05, 0.1) is 0 Å². The van der Waals surface area contributed by atoms with E-state index in [9.17, 15) is 4.79 Å². The largest absolute Gasteiger partial charge is 0.359 e. The van der Waals surface area contributed by atoms with Gasteiger partial charge in [0.15, 0.2) is 5.96 Å². The van der Waals surface area contributed by atoms with Crippen molar-refractivity contribution in [3.63, 3.8) is 0 Å². The molecular formula is C20H40IN5O. The molecule has 0 bridgehead atoms. The van der Waals surface area contributed by atoms with Crippen LogP contribution in [0, 0.1) is 5.92 Å². The van der Waals surface area contributed by atoms with Crippen molar-refractivity contribution >= 4 is 35.8 Å². The summed E-state index contributed by atoms with van der Waals surface area (Å²) in [4.78, 5) is 20.9. The summed E-state index contributed by atoms with van der Waals surface area (Å²) >= 11 is 0. The van der Waals surface area contributed by atoms with E-state index in [4.69, 9.17) is 0 Å². The summed E-state index contributed by atoms with van der Waals surface area (Å²) in [7, 11) is 3.59. The Hall–Kier alpha value is -0.570. The number of halogens is 1. The van der Waals surface area contributed by atoms with Crippen molar-refractivity contribution in [2.24, 2.45) is 10.9 Å². The SMILES string of the molecule is CN=C(NCCCCCN1CCCCC1)N1CCC(CC(=O)NC)CC1.I. The van der Waals surface area contributed by atoms with Crippen molar-refractivity contribution in [3.05, 3.63) is 0 Å². The number of unbranched alkanes of at least 4 members (excludes halogenated alkanes) is 2. The number of hydrogen-bond acceptors (Lipinski definition) is 3. The van der Waals surface area contributed by atoms with Gasteiger partial charge in [0, 0.05) is 40.2 Å². The lowest BCUT2D eigenvalue weighted by Gasteiger charge is -2.34. The number of nitrogens with zero attached hydrogens (tertiary/aromatic N) is 3. The molecule has 0 saturated carbocycles. The van der Waals surface area contributed by atoms with Crippen molar-refractivity contribution < 1.29 is 4.79 Å². The number of carbonyl (C=O) groups is 1. The normalized spacial score (nSPS) is 19.5. The third-order valence-electron chi connectivity index (χ3n) is 5.76. The molecule has 7 heteroatoms. The van der Waals surface area contributed by atoms with E-state index in [1.807, 2.05) is 7.05 Å². The third kappa shape index (κ3) is 9.45. The topological polar surface area (TPSA) is 60.0 Å². The molecule has 0 atom stereocenters. The maximum absolute atomic E-state index is 11.5. The number of guanidine groups is 1. The molecule has 0 spiro atoms. The molecule has 0 radical (unpaired) electrons. The Morgan fingerprint density at radius 2 is 1.74 bits per heavy atom. The molecule has 0 unspecified atom stereocenters. The summed E-state index contributed by atoms with van der Waals surface area (Å²) in [5.74, 6) is 1.70. The van der Waals surface area contributed by atoms with Crippen molar-refractivity contribution in [1.29, 1.82) is 0 Å². The highest BCUT2D eigenvalue weighted by Gasteiger charge is 2.22. The Bertz CT molecular complexity index is 432. The minimum Gasteiger partial charge on any atom is -0.359 e. The molecule has 0 aromatic heterocycles. The molecular weight excluding hydrogens is 453 g/mol. The lowest BCUT2D eigenvalue weighted by molar-refractivity contribution is -0.121. The molecule has 2 heterocycles. The highest BCUT2D eigenvalue weighted by molar-refractivity contribution is 14.0. The van der Waals surface area contributed by atoms with Crippen LogP contribution in [-0.4, -0.2) is 75.0 Å². The number of piperidine rings is 2. The van der Waals surface area contributed by atoms with Crippen LogP contribution in [0.15, 0.2) is 4.99 Å². The first-order valence-electron chi connectivity index (χ1n) is 10.6. The average Bonchev–Trinajstić information content (AvgIpc) is 2.69. The molecule has 2 aliphatic heterocycles. The molecule has 6 nitrogen and oxygen atoms in total. The summed E-state index contributed by atoms with van der Waals surface area (Å²) in [6.45, 7) is 6.88. The van der Waals surface area contributed by atoms with Gasteiger partial charge in [-0.1, -0.05) is 12.8 Å². The van der Waals surface area contributed by atoms with Crippen molar-refractivity contribution in [3.8, 4) is 0 Å². The van der Waals surface area contributed by atoms with E-state index < -0.39 is 0 Å². The molecule has 0 aromatic carbocycles. The minimum atomic E-state index is 0. The number of nitrogens with one attached hydrogen (secondary N) is 2. The zero-order valence-electron chi connectivity index (χ0n) is 17.3. The van der Waals surface area contributed by atoms with Crippen molar-refractivity contribution in [2.75, 3.05) is 53.4 Å².